The molecule has 0 bridgehead atoms. The zero-order chi connectivity index (χ0) is 32.3. The number of nitrogens with zero attached hydrogens (tertiary/aromatic N) is 2. The molecule has 0 aliphatic rings. The first-order valence-electron chi connectivity index (χ1n) is 16.7. The van der Waals surface area contributed by atoms with Gasteiger partial charge in [-0.05, 0) is 82.6 Å². The van der Waals surface area contributed by atoms with Gasteiger partial charge in [-0.1, -0.05) is 121 Å². The highest BCUT2D eigenvalue weighted by Crippen LogP contribution is 2.43. The Morgan fingerprint density at radius 3 is 1.78 bits per heavy atom. The lowest BCUT2D eigenvalue weighted by atomic mass is 9.96. The number of anilines is 3. The summed E-state index contributed by atoms with van der Waals surface area (Å²) < 4.78 is 8.92. The second kappa shape index (κ2) is 11.0. The predicted molar refractivity (Wildman–Crippen MR) is 206 cm³/mol. The van der Waals surface area contributed by atoms with Crippen molar-refractivity contribution in [3.63, 3.8) is 0 Å². The first kappa shape index (κ1) is 27.5. The molecule has 0 amide bonds. The molecule has 49 heavy (non-hydrogen) atoms. The van der Waals surface area contributed by atoms with Crippen molar-refractivity contribution in [1.29, 1.82) is 0 Å². The Morgan fingerprint density at radius 2 is 1.02 bits per heavy atom. The van der Waals surface area contributed by atoms with Crippen LogP contribution in [0.1, 0.15) is 0 Å². The lowest BCUT2D eigenvalue weighted by Gasteiger charge is -2.25. The first-order valence-corrected chi connectivity index (χ1v) is 16.7. The topological polar surface area (TPSA) is 21.3 Å². The molecule has 10 rings (SSSR count). The van der Waals surface area contributed by atoms with Crippen LogP contribution in [0.15, 0.2) is 186 Å². The highest BCUT2D eigenvalue weighted by atomic mass is 16.3. The van der Waals surface area contributed by atoms with Gasteiger partial charge in [-0.2, -0.15) is 0 Å². The van der Waals surface area contributed by atoms with Crippen LogP contribution in [0, 0.1) is 0 Å². The molecule has 2 aromatic heterocycles. The van der Waals surface area contributed by atoms with E-state index in [0.29, 0.717) is 0 Å². The summed E-state index contributed by atoms with van der Waals surface area (Å²) >= 11 is 0. The summed E-state index contributed by atoms with van der Waals surface area (Å²) in [6.07, 6.45) is 0. The maximum Gasteiger partial charge on any atom is 0.159 e. The van der Waals surface area contributed by atoms with E-state index in [-0.39, 0.29) is 0 Å². The summed E-state index contributed by atoms with van der Waals surface area (Å²) in [5.74, 6) is 0. The average Bonchev–Trinajstić information content (AvgIpc) is 3.72. The standard InChI is InChI=1S/C46H30N2O/c1-2-14-33(15-3-1)47(44-23-12-20-40-39-19-8-11-24-45(39)49-46(40)44)34-27-25-31(26-28-34)41-30-35(29-32-13-4-5-16-36(32)41)48-42-21-9-6-17-37(42)38-18-7-10-22-43(38)48/h1-30H. The fourth-order valence-corrected chi connectivity index (χ4v) is 7.57. The number of hydrogen-bond acceptors (Lipinski definition) is 2. The molecule has 0 radical (unpaired) electrons. The van der Waals surface area contributed by atoms with Crippen LogP contribution < -0.4 is 4.90 Å². The molecule has 0 unspecified atom stereocenters. The van der Waals surface area contributed by atoms with E-state index in [9.17, 15) is 0 Å². The Kier molecular flexibility index (Phi) is 6.18. The molecule has 0 aliphatic heterocycles. The second-order valence-corrected chi connectivity index (χ2v) is 12.6. The maximum atomic E-state index is 6.51. The zero-order valence-electron chi connectivity index (χ0n) is 26.6. The Hall–Kier alpha value is -6.58. The fourth-order valence-electron chi connectivity index (χ4n) is 7.57. The van der Waals surface area contributed by atoms with Crippen LogP contribution in [0.4, 0.5) is 17.1 Å². The normalized spacial score (nSPS) is 11.7. The van der Waals surface area contributed by atoms with Gasteiger partial charge in [0.15, 0.2) is 5.58 Å². The van der Waals surface area contributed by atoms with Crippen molar-refractivity contribution in [2.45, 2.75) is 0 Å². The van der Waals surface area contributed by atoms with Gasteiger partial charge in [0.1, 0.15) is 5.58 Å². The lowest BCUT2D eigenvalue weighted by molar-refractivity contribution is 0.669. The Labute approximate surface area is 283 Å². The van der Waals surface area contributed by atoms with Crippen molar-refractivity contribution < 1.29 is 4.42 Å². The van der Waals surface area contributed by atoms with Crippen molar-refractivity contribution in [2.24, 2.45) is 0 Å². The smallest absolute Gasteiger partial charge is 0.159 e. The van der Waals surface area contributed by atoms with E-state index in [1.54, 1.807) is 0 Å². The predicted octanol–water partition coefficient (Wildman–Crippen LogP) is 13.0. The van der Waals surface area contributed by atoms with Gasteiger partial charge in [0.25, 0.3) is 0 Å². The van der Waals surface area contributed by atoms with Gasteiger partial charge in [-0.3, -0.25) is 0 Å². The number of hydrogen-bond donors (Lipinski definition) is 0. The van der Waals surface area contributed by atoms with Crippen molar-refractivity contribution >= 4 is 71.6 Å². The van der Waals surface area contributed by atoms with Gasteiger partial charge in [-0.15, -0.1) is 0 Å². The van der Waals surface area contributed by atoms with Crippen molar-refractivity contribution in [1.82, 2.24) is 4.57 Å². The molecule has 0 fully saturated rings. The van der Waals surface area contributed by atoms with Crippen LogP contribution in [-0.2, 0) is 0 Å². The van der Waals surface area contributed by atoms with Crippen LogP contribution >= 0.6 is 0 Å². The van der Waals surface area contributed by atoms with Crippen LogP contribution in [0.5, 0.6) is 0 Å². The second-order valence-electron chi connectivity index (χ2n) is 12.6. The molecule has 10 aromatic rings. The van der Waals surface area contributed by atoms with Crippen LogP contribution in [0.25, 0.3) is 71.3 Å². The number of fused-ring (bicyclic) bond motifs is 7. The summed E-state index contributed by atoms with van der Waals surface area (Å²) in [6, 6.07) is 64.9. The maximum absolute atomic E-state index is 6.51. The van der Waals surface area contributed by atoms with Gasteiger partial charge in [-0.25, -0.2) is 0 Å². The molecule has 3 heteroatoms. The minimum atomic E-state index is 0.876. The highest BCUT2D eigenvalue weighted by Gasteiger charge is 2.20. The summed E-state index contributed by atoms with van der Waals surface area (Å²) in [6.45, 7) is 0. The van der Waals surface area contributed by atoms with E-state index in [2.05, 4.69) is 179 Å². The van der Waals surface area contributed by atoms with Crippen molar-refractivity contribution in [2.75, 3.05) is 4.90 Å². The molecule has 0 N–H and O–H groups in total. The molecular formula is C46H30N2O. The average molecular weight is 627 g/mol. The molecule has 3 nitrogen and oxygen atoms in total. The van der Waals surface area contributed by atoms with Gasteiger partial charge in [0.05, 0.1) is 16.7 Å². The Bertz CT molecular complexity index is 2770. The number of para-hydroxylation sites is 5. The van der Waals surface area contributed by atoms with Crippen LogP contribution in [0.2, 0.25) is 0 Å². The molecule has 0 saturated carbocycles. The third-order valence-corrected chi connectivity index (χ3v) is 9.76. The zero-order valence-corrected chi connectivity index (χ0v) is 26.6. The number of benzene rings is 8. The van der Waals surface area contributed by atoms with E-state index in [1.165, 1.54) is 38.1 Å². The van der Waals surface area contributed by atoms with Crippen LogP contribution in [0.3, 0.4) is 0 Å². The van der Waals surface area contributed by atoms with Gasteiger partial charge < -0.3 is 13.9 Å². The van der Waals surface area contributed by atoms with Gasteiger partial charge >= 0.3 is 0 Å². The molecule has 230 valence electrons. The minimum Gasteiger partial charge on any atom is -0.454 e. The van der Waals surface area contributed by atoms with E-state index in [0.717, 1.165) is 50.3 Å². The third kappa shape index (κ3) is 4.37. The highest BCUT2D eigenvalue weighted by molar-refractivity contribution is 6.11. The molecular weight excluding hydrogens is 597 g/mol. The lowest BCUT2D eigenvalue weighted by Crippen LogP contribution is -2.10. The molecule has 0 aliphatic carbocycles. The van der Waals surface area contributed by atoms with E-state index >= 15 is 0 Å². The monoisotopic (exact) mass is 626 g/mol. The number of aromatic nitrogens is 1. The summed E-state index contributed by atoms with van der Waals surface area (Å²) in [5, 5.41) is 7.20. The van der Waals surface area contributed by atoms with E-state index in [4.69, 9.17) is 4.42 Å². The van der Waals surface area contributed by atoms with Crippen molar-refractivity contribution in [3.8, 4) is 16.8 Å². The SMILES string of the molecule is c1ccc(N(c2ccc(-c3cc(-n4c5ccccc5c5ccccc54)cc4ccccc34)cc2)c2cccc3c2oc2ccccc23)cc1. The fraction of sp³-hybridized carbons (Fsp3) is 0. The summed E-state index contributed by atoms with van der Waals surface area (Å²) in [7, 11) is 0. The van der Waals surface area contributed by atoms with E-state index < -0.39 is 0 Å². The summed E-state index contributed by atoms with van der Waals surface area (Å²) in [4.78, 5) is 2.29. The largest absolute Gasteiger partial charge is 0.454 e. The third-order valence-electron chi connectivity index (χ3n) is 9.76. The number of furan rings is 1. The molecule has 8 aromatic carbocycles. The number of rotatable bonds is 5. The first-order chi connectivity index (χ1) is 24.3. The Morgan fingerprint density at radius 1 is 0.429 bits per heavy atom. The van der Waals surface area contributed by atoms with E-state index in [1.807, 2.05) is 12.1 Å². The molecule has 0 saturated heterocycles. The minimum absolute atomic E-state index is 0.876. The molecule has 0 spiro atoms. The van der Waals surface area contributed by atoms with Crippen LogP contribution in [-0.4, -0.2) is 4.57 Å². The Balaban J connectivity index is 1.15. The molecule has 0 atom stereocenters. The van der Waals surface area contributed by atoms with Crippen molar-refractivity contribution in [3.05, 3.63) is 182 Å². The van der Waals surface area contributed by atoms with Gasteiger partial charge in [0, 0.05) is 38.6 Å². The molecule has 2 heterocycles. The summed E-state index contributed by atoms with van der Waals surface area (Å²) in [5.41, 5.74) is 10.8. The van der Waals surface area contributed by atoms with Gasteiger partial charge in [0.2, 0.25) is 0 Å². The quantitative estimate of drug-likeness (QED) is 0.190.